The van der Waals surface area contributed by atoms with E-state index in [0.29, 0.717) is 17.8 Å². The van der Waals surface area contributed by atoms with E-state index in [4.69, 9.17) is 14.9 Å². The monoisotopic (exact) mass is 939 g/mol. The van der Waals surface area contributed by atoms with Crippen molar-refractivity contribution >= 4 is 57.1 Å². The molecular weight excluding hydrogens is 895 g/mol. The van der Waals surface area contributed by atoms with Gasteiger partial charge in [0.05, 0.1) is 30.5 Å². The van der Waals surface area contributed by atoms with Crippen molar-refractivity contribution in [3.05, 3.63) is 156 Å². The van der Waals surface area contributed by atoms with E-state index < -0.39 is 32.6 Å². The summed E-state index contributed by atoms with van der Waals surface area (Å²) in [6.45, 7) is 8.18. The number of hydrogen-bond acceptors (Lipinski definition) is 4. The molecule has 4 aromatic heterocycles. The van der Waals surface area contributed by atoms with Gasteiger partial charge in [-0.2, -0.15) is 9.37 Å². The first-order valence-electron chi connectivity index (χ1n) is 20.0. The van der Waals surface area contributed by atoms with Crippen LogP contribution in [0, 0.1) is 30.7 Å². The van der Waals surface area contributed by atoms with Crippen molar-refractivity contribution in [1.29, 1.82) is 0 Å². The summed E-state index contributed by atoms with van der Waals surface area (Å²) in [4.78, 5) is 13.4. The zero-order chi connectivity index (χ0) is 41.9. The fourth-order valence-corrected chi connectivity index (χ4v) is 8.54. The van der Waals surface area contributed by atoms with Crippen molar-refractivity contribution in [1.82, 2.24) is 19.5 Å². The van der Waals surface area contributed by atoms with Gasteiger partial charge in [-0.15, -0.1) is 36.4 Å². The largest absolute Gasteiger partial charge is 0.486 e. The first-order chi connectivity index (χ1) is 28.0. The van der Waals surface area contributed by atoms with Gasteiger partial charge in [-0.1, -0.05) is 129 Å². The van der Waals surface area contributed by atoms with Crippen molar-refractivity contribution in [3.8, 4) is 22.6 Å². The minimum Gasteiger partial charge on any atom is -0.486 e. The SMILES string of the molecule is Fc1ccc2c(n1)oc1c(-c3nc4cc5ccccc5cc4n3Cc3ccccc3)[c-]ccc12.[2H]C([2H])([2H])c1cc[c-]c(-c2cc(C([2H])(C)C)c([Si](C)(C)C)cn2)c1F.[Ir]. The van der Waals surface area contributed by atoms with Crippen LogP contribution in [-0.2, 0) is 26.7 Å². The van der Waals surface area contributed by atoms with Gasteiger partial charge in [-0.25, -0.2) is 0 Å². The smallest absolute Gasteiger partial charge is 0.218 e. The van der Waals surface area contributed by atoms with Crippen LogP contribution < -0.4 is 5.19 Å². The van der Waals surface area contributed by atoms with Gasteiger partial charge in [0.2, 0.25) is 11.7 Å². The molecule has 0 saturated heterocycles. The third-order valence-corrected chi connectivity index (χ3v) is 11.7. The van der Waals surface area contributed by atoms with E-state index in [1.54, 1.807) is 32.2 Å². The molecule has 1 radical (unpaired) electrons. The number of furan rings is 1. The average Bonchev–Trinajstić information content (AvgIpc) is 3.73. The fourth-order valence-electron chi connectivity index (χ4n) is 6.96. The maximum Gasteiger partial charge on any atom is 0.218 e. The molecule has 0 unspecified atom stereocenters. The van der Waals surface area contributed by atoms with Crippen molar-refractivity contribution < 1.29 is 38.8 Å². The summed E-state index contributed by atoms with van der Waals surface area (Å²) >= 11 is 0. The molecule has 283 valence electrons. The van der Waals surface area contributed by atoms with Crippen LogP contribution in [0.2, 0.25) is 19.6 Å². The van der Waals surface area contributed by atoms with Crippen LogP contribution in [0.3, 0.4) is 0 Å². The Bertz CT molecular complexity index is 3030. The van der Waals surface area contributed by atoms with Gasteiger partial charge in [0.1, 0.15) is 0 Å². The molecule has 0 aliphatic rings. The van der Waals surface area contributed by atoms with E-state index in [9.17, 15) is 8.78 Å². The summed E-state index contributed by atoms with van der Waals surface area (Å²) in [5.74, 6) is -1.52. The predicted octanol–water partition coefficient (Wildman–Crippen LogP) is 11.8. The molecule has 0 aliphatic heterocycles. The molecule has 9 rings (SSSR count). The second-order valence-corrected chi connectivity index (χ2v) is 19.9. The molecule has 4 heterocycles. The van der Waals surface area contributed by atoms with E-state index in [1.165, 1.54) is 18.2 Å². The molecule has 9 aromatic rings. The van der Waals surface area contributed by atoms with Crippen LogP contribution in [0.25, 0.3) is 66.5 Å². The molecule has 0 bridgehead atoms. The van der Waals surface area contributed by atoms with Crippen molar-refractivity contribution in [3.63, 3.8) is 0 Å². The predicted molar refractivity (Wildman–Crippen MR) is 222 cm³/mol. The normalized spacial score (nSPS) is 13.1. The summed E-state index contributed by atoms with van der Waals surface area (Å²) in [7, 11) is -1.74. The maximum absolute atomic E-state index is 14.7. The molecule has 9 heteroatoms. The third kappa shape index (κ3) is 7.47. The Morgan fingerprint density at radius 3 is 2.29 bits per heavy atom. The quantitative estimate of drug-likeness (QED) is 0.0947. The summed E-state index contributed by atoms with van der Waals surface area (Å²) in [5, 5.41) is 4.96. The molecule has 0 aliphatic carbocycles. The van der Waals surface area contributed by atoms with Crippen LogP contribution in [-0.4, -0.2) is 27.6 Å². The molecule has 56 heavy (non-hydrogen) atoms. The van der Waals surface area contributed by atoms with Gasteiger partial charge in [0.25, 0.3) is 0 Å². The number of imidazole rings is 1. The van der Waals surface area contributed by atoms with E-state index in [-0.39, 0.29) is 36.9 Å². The number of benzene rings is 5. The Morgan fingerprint density at radius 1 is 0.839 bits per heavy atom. The molecule has 0 amide bonds. The van der Waals surface area contributed by atoms with Crippen LogP contribution >= 0.6 is 0 Å². The maximum atomic E-state index is 14.7. The molecule has 0 N–H and O–H groups in total. The Hall–Kier alpha value is -5.34. The van der Waals surface area contributed by atoms with Crippen molar-refractivity contribution in [2.24, 2.45) is 0 Å². The van der Waals surface area contributed by atoms with Gasteiger partial charge in [-0.3, -0.25) is 9.37 Å². The summed E-state index contributed by atoms with van der Waals surface area (Å²) in [5.41, 5.74) is 5.48. The number of fused-ring (bicyclic) bond motifs is 5. The summed E-state index contributed by atoms with van der Waals surface area (Å²) < 4.78 is 67.6. The third-order valence-electron chi connectivity index (χ3n) is 9.73. The second kappa shape index (κ2) is 15.7. The zero-order valence-corrected chi connectivity index (χ0v) is 34.9. The molecule has 0 saturated carbocycles. The van der Waals surface area contributed by atoms with E-state index >= 15 is 0 Å². The van der Waals surface area contributed by atoms with Gasteiger partial charge in [0.15, 0.2) is 0 Å². The molecule has 5 nitrogen and oxygen atoms in total. The number of aryl methyl sites for hydroxylation is 1. The summed E-state index contributed by atoms with van der Waals surface area (Å²) in [6, 6.07) is 40.1. The van der Waals surface area contributed by atoms with Crippen LogP contribution in [0.1, 0.15) is 41.9 Å². The zero-order valence-electron chi connectivity index (χ0n) is 35.5. The van der Waals surface area contributed by atoms with Crippen molar-refractivity contribution in [2.75, 3.05) is 0 Å². The van der Waals surface area contributed by atoms with Crippen molar-refractivity contribution in [2.45, 2.75) is 52.8 Å². The number of aromatic nitrogens is 4. The van der Waals surface area contributed by atoms with E-state index in [2.05, 4.69) is 82.7 Å². The number of nitrogens with zero attached hydrogens (tertiary/aromatic N) is 4. The molecule has 0 spiro atoms. The molecular formula is C47H40F2IrN4OSi-2. The average molecular weight is 939 g/mol. The Balaban J connectivity index is 0.000000188. The molecule has 0 fully saturated rings. The minimum atomic E-state index is -2.54. The van der Waals surface area contributed by atoms with Crippen LogP contribution in [0.15, 0.2) is 120 Å². The van der Waals surface area contributed by atoms with Gasteiger partial charge in [-0.05, 0) is 57.4 Å². The Morgan fingerprint density at radius 2 is 1.55 bits per heavy atom. The number of hydrogen-bond donors (Lipinski definition) is 0. The number of rotatable bonds is 6. The second-order valence-electron chi connectivity index (χ2n) is 14.8. The molecule has 5 aromatic carbocycles. The Kier molecular flexibility index (Phi) is 9.49. The topological polar surface area (TPSA) is 56.7 Å². The van der Waals surface area contributed by atoms with E-state index in [0.717, 1.165) is 60.3 Å². The molecule has 0 atom stereocenters. The first-order valence-corrected chi connectivity index (χ1v) is 21.5. The summed E-state index contributed by atoms with van der Waals surface area (Å²) in [6.07, 6.45) is 1.71. The van der Waals surface area contributed by atoms with Crippen LogP contribution in [0.4, 0.5) is 8.78 Å². The fraction of sp³-hybridized carbons (Fsp3) is 0.170. The number of halogens is 2. The standard InChI is InChI=1S/C29H17FN3O.C18H23FNSi.Ir/c30-26-14-13-22-21-11-6-12-23(27(21)34-29(22)32-26)28-31-24-15-19-9-4-5-10-20(19)16-25(24)33(28)17-18-7-2-1-3-8-18;1-12(2)15-10-16(20-11-17(15)21(4,5)6)14-9-7-8-13(3)18(14)19;/h1-11,13-16H,17H2;7-8,10-12H,1-6H3;/q2*-1;/i;3D3,12D;. The van der Waals surface area contributed by atoms with E-state index in [1.807, 2.05) is 42.5 Å². The van der Waals surface area contributed by atoms with Gasteiger partial charge < -0.3 is 14.0 Å². The van der Waals surface area contributed by atoms with Gasteiger partial charge >= 0.3 is 0 Å². The first kappa shape index (κ1) is 33.9. The van der Waals surface area contributed by atoms with Crippen LogP contribution in [0.5, 0.6) is 0 Å². The Labute approximate surface area is 345 Å². The van der Waals surface area contributed by atoms with Gasteiger partial charge in [0, 0.05) is 49.5 Å². The number of pyridine rings is 2. The minimum absolute atomic E-state index is 0.